The maximum atomic E-state index is 11.5. The lowest BCUT2D eigenvalue weighted by molar-refractivity contribution is -0.123. The Hall–Kier alpha value is -1.65. The first kappa shape index (κ1) is 10.9. The van der Waals surface area contributed by atoms with Crippen molar-refractivity contribution >= 4 is 11.7 Å². The van der Waals surface area contributed by atoms with Crippen LogP contribution >= 0.6 is 0 Å². The van der Waals surface area contributed by atoms with Crippen LogP contribution in [0.1, 0.15) is 12.2 Å². The highest BCUT2D eigenvalue weighted by atomic mass is 16.1. The number of amides is 1. The summed E-state index contributed by atoms with van der Waals surface area (Å²) < 4.78 is 0. The van der Waals surface area contributed by atoms with E-state index in [1.54, 1.807) is 13.2 Å². The standard InChI is InChI=1S/C11H16N4O/c1-8-13-5-3-10(14-8)15-6-4-9(7-15)11(16)12-2/h3,5,9H,4,6-7H2,1-2H3,(H,12,16)/t9-/m0/s1. The highest BCUT2D eigenvalue weighted by Crippen LogP contribution is 2.21. The number of hydrogen-bond donors (Lipinski definition) is 1. The summed E-state index contributed by atoms with van der Waals surface area (Å²) in [7, 11) is 1.68. The van der Waals surface area contributed by atoms with Gasteiger partial charge >= 0.3 is 0 Å². The van der Waals surface area contributed by atoms with E-state index in [1.165, 1.54) is 0 Å². The lowest BCUT2D eigenvalue weighted by Crippen LogP contribution is -2.30. The topological polar surface area (TPSA) is 58.1 Å². The second-order valence-corrected chi connectivity index (χ2v) is 4.01. The van der Waals surface area contributed by atoms with E-state index >= 15 is 0 Å². The van der Waals surface area contributed by atoms with Gasteiger partial charge in [0.2, 0.25) is 5.91 Å². The Morgan fingerprint density at radius 2 is 2.44 bits per heavy atom. The SMILES string of the molecule is CNC(=O)[C@H]1CCN(c2ccnc(C)n2)C1. The van der Waals surface area contributed by atoms with Gasteiger partial charge in [0.1, 0.15) is 11.6 Å². The number of nitrogens with zero attached hydrogens (tertiary/aromatic N) is 3. The van der Waals surface area contributed by atoms with Crippen molar-refractivity contribution in [2.45, 2.75) is 13.3 Å². The van der Waals surface area contributed by atoms with Crippen LogP contribution in [-0.4, -0.2) is 36.0 Å². The highest BCUT2D eigenvalue weighted by molar-refractivity contribution is 5.79. The fraction of sp³-hybridized carbons (Fsp3) is 0.545. The largest absolute Gasteiger partial charge is 0.359 e. The van der Waals surface area contributed by atoms with Crippen molar-refractivity contribution in [1.29, 1.82) is 0 Å². The summed E-state index contributed by atoms with van der Waals surface area (Å²) >= 11 is 0. The maximum absolute atomic E-state index is 11.5. The molecule has 0 saturated carbocycles. The fourth-order valence-corrected chi connectivity index (χ4v) is 2.01. The van der Waals surface area contributed by atoms with Crippen LogP contribution in [0.2, 0.25) is 0 Å². The Morgan fingerprint density at radius 3 is 3.12 bits per heavy atom. The van der Waals surface area contributed by atoms with Gasteiger partial charge in [-0.05, 0) is 19.4 Å². The molecule has 1 N–H and O–H groups in total. The van der Waals surface area contributed by atoms with Crippen molar-refractivity contribution in [3.05, 3.63) is 18.1 Å². The number of nitrogens with one attached hydrogen (secondary N) is 1. The molecule has 1 aliphatic rings. The highest BCUT2D eigenvalue weighted by Gasteiger charge is 2.28. The van der Waals surface area contributed by atoms with Crippen molar-refractivity contribution in [2.24, 2.45) is 5.92 Å². The molecule has 0 bridgehead atoms. The van der Waals surface area contributed by atoms with Gasteiger partial charge < -0.3 is 10.2 Å². The van der Waals surface area contributed by atoms with Gasteiger partial charge in [-0.25, -0.2) is 9.97 Å². The minimum Gasteiger partial charge on any atom is -0.359 e. The van der Waals surface area contributed by atoms with Crippen molar-refractivity contribution in [2.75, 3.05) is 25.0 Å². The van der Waals surface area contributed by atoms with Gasteiger partial charge in [-0.1, -0.05) is 0 Å². The quantitative estimate of drug-likeness (QED) is 0.781. The monoisotopic (exact) mass is 220 g/mol. The minimum absolute atomic E-state index is 0.0836. The van der Waals surface area contributed by atoms with Gasteiger partial charge in [-0.15, -0.1) is 0 Å². The van der Waals surface area contributed by atoms with Crippen LogP contribution in [0.25, 0.3) is 0 Å². The van der Waals surface area contributed by atoms with Gasteiger partial charge in [-0.2, -0.15) is 0 Å². The number of carbonyl (C=O) groups excluding carboxylic acids is 1. The molecule has 2 rings (SSSR count). The number of anilines is 1. The predicted octanol–water partition coefficient (Wildman–Crippen LogP) is 0.357. The smallest absolute Gasteiger partial charge is 0.224 e. The molecule has 0 spiro atoms. The third kappa shape index (κ3) is 2.13. The van der Waals surface area contributed by atoms with Gasteiger partial charge in [0.25, 0.3) is 0 Å². The molecule has 0 aromatic carbocycles. The van der Waals surface area contributed by atoms with E-state index in [9.17, 15) is 4.79 Å². The fourth-order valence-electron chi connectivity index (χ4n) is 2.01. The maximum Gasteiger partial charge on any atom is 0.224 e. The molecule has 1 aromatic heterocycles. The van der Waals surface area contributed by atoms with Gasteiger partial charge in [0.15, 0.2) is 0 Å². The molecule has 0 radical (unpaired) electrons. The van der Waals surface area contributed by atoms with Crippen LogP contribution in [0, 0.1) is 12.8 Å². The minimum atomic E-state index is 0.0836. The molecule has 2 heterocycles. The average molecular weight is 220 g/mol. The molecule has 1 amide bonds. The normalized spacial score (nSPS) is 19.9. The third-order valence-electron chi connectivity index (χ3n) is 2.89. The Bertz CT molecular complexity index is 393. The predicted molar refractivity (Wildman–Crippen MR) is 61.2 cm³/mol. The molecule has 1 saturated heterocycles. The van der Waals surface area contributed by atoms with E-state index in [0.29, 0.717) is 0 Å². The van der Waals surface area contributed by atoms with Crippen LogP contribution in [0.4, 0.5) is 5.82 Å². The third-order valence-corrected chi connectivity index (χ3v) is 2.89. The summed E-state index contributed by atoms with van der Waals surface area (Å²) in [6.45, 7) is 3.50. The number of rotatable bonds is 2. The zero-order valence-electron chi connectivity index (χ0n) is 9.60. The first-order valence-electron chi connectivity index (χ1n) is 5.47. The second kappa shape index (κ2) is 4.47. The molecule has 86 valence electrons. The Kier molecular flexibility index (Phi) is 3.03. The van der Waals surface area contributed by atoms with E-state index < -0.39 is 0 Å². The van der Waals surface area contributed by atoms with Crippen molar-refractivity contribution < 1.29 is 4.79 Å². The van der Waals surface area contributed by atoms with E-state index in [0.717, 1.165) is 31.2 Å². The molecular weight excluding hydrogens is 204 g/mol. The van der Waals surface area contributed by atoms with Crippen molar-refractivity contribution in [3.8, 4) is 0 Å². The molecule has 0 unspecified atom stereocenters. The zero-order chi connectivity index (χ0) is 11.5. The van der Waals surface area contributed by atoms with Gasteiger partial charge in [0.05, 0.1) is 5.92 Å². The molecule has 1 aliphatic heterocycles. The molecule has 5 heteroatoms. The average Bonchev–Trinajstić information content (AvgIpc) is 2.77. The zero-order valence-corrected chi connectivity index (χ0v) is 9.60. The van der Waals surface area contributed by atoms with Crippen LogP contribution < -0.4 is 10.2 Å². The first-order chi connectivity index (χ1) is 7.70. The molecule has 0 aliphatic carbocycles. The van der Waals surface area contributed by atoms with E-state index in [2.05, 4.69) is 20.2 Å². The van der Waals surface area contributed by atoms with Gasteiger partial charge in [-0.3, -0.25) is 4.79 Å². The van der Waals surface area contributed by atoms with Crippen molar-refractivity contribution in [3.63, 3.8) is 0 Å². The summed E-state index contributed by atoms with van der Waals surface area (Å²) in [4.78, 5) is 22.0. The Balaban J connectivity index is 2.06. The summed E-state index contributed by atoms with van der Waals surface area (Å²) in [5.41, 5.74) is 0. The molecular formula is C11H16N4O. The summed E-state index contributed by atoms with van der Waals surface area (Å²) in [6.07, 6.45) is 2.65. The summed E-state index contributed by atoms with van der Waals surface area (Å²) in [5.74, 6) is 1.88. The van der Waals surface area contributed by atoms with Crippen LogP contribution in [0.15, 0.2) is 12.3 Å². The second-order valence-electron chi connectivity index (χ2n) is 4.01. The number of aromatic nitrogens is 2. The summed E-state index contributed by atoms with van der Waals surface area (Å²) in [5, 5.41) is 2.69. The number of carbonyl (C=O) groups is 1. The molecule has 5 nitrogen and oxygen atoms in total. The molecule has 1 atom stereocenters. The summed E-state index contributed by atoms with van der Waals surface area (Å²) in [6, 6.07) is 1.89. The molecule has 1 fully saturated rings. The molecule has 1 aromatic rings. The first-order valence-corrected chi connectivity index (χ1v) is 5.47. The Morgan fingerprint density at radius 1 is 1.62 bits per heavy atom. The van der Waals surface area contributed by atoms with Crippen LogP contribution in [0.3, 0.4) is 0 Å². The van der Waals surface area contributed by atoms with Crippen LogP contribution in [-0.2, 0) is 4.79 Å². The van der Waals surface area contributed by atoms with E-state index in [-0.39, 0.29) is 11.8 Å². The number of hydrogen-bond acceptors (Lipinski definition) is 4. The van der Waals surface area contributed by atoms with Crippen molar-refractivity contribution in [1.82, 2.24) is 15.3 Å². The van der Waals surface area contributed by atoms with E-state index in [1.807, 2.05) is 13.0 Å². The lowest BCUT2D eigenvalue weighted by atomic mass is 10.1. The van der Waals surface area contributed by atoms with Crippen LogP contribution in [0.5, 0.6) is 0 Å². The van der Waals surface area contributed by atoms with Gasteiger partial charge in [0, 0.05) is 26.3 Å². The molecule has 16 heavy (non-hydrogen) atoms. The Labute approximate surface area is 94.9 Å². The van der Waals surface area contributed by atoms with E-state index in [4.69, 9.17) is 0 Å². The number of aryl methyl sites for hydroxylation is 1. The lowest BCUT2D eigenvalue weighted by Gasteiger charge is -2.17.